The lowest BCUT2D eigenvalue weighted by Crippen LogP contribution is -2.43. The van der Waals surface area contributed by atoms with Crippen LogP contribution in [0.25, 0.3) is 0 Å². The van der Waals surface area contributed by atoms with E-state index in [-0.39, 0.29) is 5.41 Å². The maximum Gasteiger partial charge on any atom is 0.0497 e. The van der Waals surface area contributed by atoms with Crippen LogP contribution >= 0.6 is 0 Å². The average molecular weight is 208 g/mol. The molecule has 1 unspecified atom stereocenters. The number of rotatable bonds is 3. The van der Waals surface area contributed by atoms with Crippen molar-refractivity contribution in [2.75, 3.05) is 19.7 Å². The Morgan fingerprint density at radius 2 is 2.47 bits per heavy atom. The molecule has 2 N–H and O–H groups in total. The summed E-state index contributed by atoms with van der Waals surface area (Å²) in [7, 11) is 0. The molecule has 1 fully saturated rings. The van der Waals surface area contributed by atoms with Crippen molar-refractivity contribution < 1.29 is 5.11 Å². The van der Waals surface area contributed by atoms with Crippen molar-refractivity contribution in [3.05, 3.63) is 24.0 Å². The molecule has 1 aliphatic heterocycles. The molecule has 84 valence electrons. The second-order valence-corrected chi connectivity index (χ2v) is 5.00. The monoisotopic (exact) mass is 208 g/mol. The Bertz CT molecular complexity index is 297. The first kappa shape index (κ1) is 10.7. The molecule has 0 amide bonds. The van der Waals surface area contributed by atoms with Gasteiger partial charge in [0.05, 0.1) is 0 Å². The van der Waals surface area contributed by atoms with E-state index in [0.29, 0.717) is 6.61 Å². The minimum Gasteiger partial charge on any atom is -0.396 e. The summed E-state index contributed by atoms with van der Waals surface area (Å²) in [6.45, 7) is 5.64. The van der Waals surface area contributed by atoms with Gasteiger partial charge in [-0.25, -0.2) is 0 Å². The minimum absolute atomic E-state index is 0.106. The van der Waals surface area contributed by atoms with Gasteiger partial charge in [-0.05, 0) is 31.0 Å². The summed E-state index contributed by atoms with van der Waals surface area (Å²) in [4.78, 5) is 5.51. The molecule has 15 heavy (non-hydrogen) atoms. The summed E-state index contributed by atoms with van der Waals surface area (Å²) in [5.41, 5.74) is 1.44. The lowest BCUT2D eigenvalue weighted by Gasteiger charge is -2.39. The third-order valence-corrected chi connectivity index (χ3v) is 3.31. The summed E-state index contributed by atoms with van der Waals surface area (Å²) >= 11 is 0. The van der Waals surface area contributed by atoms with Gasteiger partial charge in [-0.15, -0.1) is 0 Å². The van der Waals surface area contributed by atoms with E-state index in [9.17, 15) is 5.11 Å². The van der Waals surface area contributed by atoms with E-state index in [1.165, 1.54) is 12.0 Å². The number of hydrogen-bond acceptors (Lipinski definition) is 2. The van der Waals surface area contributed by atoms with Crippen LogP contribution in [-0.2, 0) is 6.54 Å². The first-order valence-electron chi connectivity index (χ1n) is 5.67. The fraction of sp³-hybridized carbons (Fsp3) is 0.667. The molecule has 0 bridgehead atoms. The fourth-order valence-electron chi connectivity index (χ4n) is 2.41. The van der Waals surface area contributed by atoms with Crippen LogP contribution in [0, 0.1) is 5.41 Å². The zero-order valence-corrected chi connectivity index (χ0v) is 9.37. The topological polar surface area (TPSA) is 39.3 Å². The summed E-state index contributed by atoms with van der Waals surface area (Å²) < 4.78 is 0. The highest BCUT2D eigenvalue weighted by molar-refractivity contribution is 5.08. The Hall–Kier alpha value is -0.800. The molecule has 0 aliphatic carbocycles. The van der Waals surface area contributed by atoms with Crippen LogP contribution in [0.1, 0.15) is 25.3 Å². The van der Waals surface area contributed by atoms with Crippen LogP contribution in [0.3, 0.4) is 0 Å². The Kier molecular flexibility index (Phi) is 3.12. The Balaban J connectivity index is 1.93. The highest BCUT2D eigenvalue weighted by atomic mass is 16.3. The summed E-state index contributed by atoms with van der Waals surface area (Å²) in [6, 6.07) is 2.12. The summed E-state index contributed by atoms with van der Waals surface area (Å²) in [6.07, 6.45) is 6.35. The number of aromatic amines is 1. The maximum atomic E-state index is 9.36. The number of aromatic nitrogens is 1. The molecule has 1 atom stereocenters. The molecule has 0 saturated carbocycles. The Morgan fingerprint density at radius 1 is 1.60 bits per heavy atom. The number of likely N-dealkylation sites (tertiary alicyclic amines) is 1. The van der Waals surface area contributed by atoms with E-state index in [1.54, 1.807) is 0 Å². The first-order valence-corrected chi connectivity index (χ1v) is 5.67. The van der Waals surface area contributed by atoms with Gasteiger partial charge in [0, 0.05) is 37.5 Å². The SMILES string of the molecule is CC1(CO)CCCN(Cc2cc[nH]c2)C1. The third kappa shape index (κ3) is 2.61. The van der Waals surface area contributed by atoms with Crippen molar-refractivity contribution in [3.63, 3.8) is 0 Å². The largest absolute Gasteiger partial charge is 0.396 e. The van der Waals surface area contributed by atoms with Crippen LogP contribution in [-0.4, -0.2) is 34.7 Å². The third-order valence-electron chi connectivity index (χ3n) is 3.31. The lowest BCUT2D eigenvalue weighted by atomic mass is 9.83. The van der Waals surface area contributed by atoms with Crippen molar-refractivity contribution in [1.82, 2.24) is 9.88 Å². The molecule has 2 rings (SSSR count). The highest BCUT2D eigenvalue weighted by Gasteiger charge is 2.30. The zero-order chi connectivity index (χ0) is 10.7. The van der Waals surface area contributed by atoms with Crippen LogP contribution in [0.2, 0.25) is 0 Å². The predicted octanol–water partition coefficient (Wildman–Crippen LogP) is 1.61. The van der Waals surface area contributed by atoms with E-state index in [1.807, 2.05) is 12.4 Å². The van der Waals surface area contributed by atoms with Crippen molar-refractivity contribution >= 4 is 0 Å². The molecule has 0 aromatic carbocycles. The second kappa shape index (κ2) is 4.37. The molecule has 0 spiro atoms. The van der Waals surface area contributed by atoms with Gasteiger partial charge in [-0.3, -0.25) is 4.90 Å². The van der Waals surface area contributed by atoms with Gasteiger partial charge in [-0.1, -0.05) is 6.92 Å². The van der Waals surface area contributed by atoms with Crippen LogP contribution in [0.4, 0.5) is 0 Å². The van der Waals surface area contributed by atoms with Crippen molar-refractivity contribution in [1.29, 1.82) is 0 Å². The zero-order valence-electron chi connectivity index (χ0n) is 9.37. The van der Waals surface area contributed by atoms with Gasteiger partial charge in [0.15, 0.2) is 0 Å². The number of H-pyrrole nitrogens is 1. The molecule has 0 radical (unpaired) electrons. The molecule has 1 saturated heterocycles. The van der Waals surface area contributed by atoms with Gasteiger partial charge in [0.2, 0.25) is 0 Å². The number of piperidine rings is 1. The molecule has 1 aromatic rings. The van der Waals surface area contributed by atoms with Crippen LogP contribution < -0.4 is 0 Å². The predicted molar refractivity (Wildman–Crippen MR) is 60.5 cm³/mol. The molecule has 1 aromatic heterocycles. The van der Waals surface area contributed by atoms with Gasteiger partial charge in [0.1, 0.15) is 0 Å². The molecular formula is C12H20N2O. The number of nitrogens with one attached hydrogen (secondary N) is 1. The molecule has 2 heterocycles. The number of aliphatic hydroxyl groups is 1. The average Bonchev–Trinajstić information content (AvgIpc) is 2.71. The first-order chi connectivity index (χ1) is 7.22. The van der Waals surface area contributed by atoms with Crippen LogP contribution in [0.5, 0.6) is 0 Å². The summed E-state index contributed by atoms with van der Waals surface area (Å²) in [5, 5.41) is 9.36. The van der Waals surface area contributed by atoms with Gasteiger partial charge in [-0.2, -0.15) is 0 Å². The van der Waals surface area contributed by atoms with Crippen LogP contribution in [0.15, 0.2) is 18.5 Å². The fourth-order valence-corrected chi connectivity index (χ4v) is 2.41. The van der Waals surface area contributed by atoms with E-state index < -0.39 is 0 Å². The van der Waals surface area contributed by atoms with Gasteiger partial charge < -0.3 is 10.1 Å². The van der Waals surface area contributed by atoms with Gasteiger partial charge in [0.25, 0.3) is 0 Å². The van der Waals surface area contributed by atoms with Crippen molar-refractivity contribution in [3.8, 4) is 0 Å². The second-order valence-electron chi connectivity index (χ2n) is 5.00. The standard InChI is InChI=1S/C12H20N2O/c1-12(10-15)4-2-6-14(9-12)8-11-3-5-13-7-11/h3,5,7,13,15H,2,4,6,8-10H2,1H3. The van der Waals surface area contributed by atoms with Crippen molar-refractivity contribution in [2.45, 2.75) is 26.3 Å². The molecular weight excluding hydrogens is 188 g/mol. The number of hydrogen-bond donors (Lipinski definition) is 2. The van der Waals surface area contributed by atoms with E-state index >= 15 is 0 Å². The number of nitrogens with zero attached hydrogens (tertiary/aromatic N) is 1. The maximum absolute atomic E-state index is 9.36. The van der Waals surface area contributed by atoms with E-state index in [2.05, 4.69) is 22.9 Å². The molecule has 3 heteroatoms. The molecule has 3 nitrogen and oxygen atoms in total. The van der Waals surface area contributed by atoms with Crippen molar-refractivity contribution in [2.24, 2.45) is 5.41 Å². The lowest BCUT2D eigenvalue weighted by molar-refractivity contribution is 0.0429. The number of aliphatic hydroxyl groups excluding tert-OH is 1. The van der Waals surface area contributed by atoms with E-state index in [0.717, 1.165) is 26.1 Å². The Morgan fingerprint density at radius 3 is 3.13 bits per heavy atom. The minimum atomic E-state index is 0.106. The Labute approximate surface area is 91.1 Å². The van der Waals surface area contributed by atoms with E-state index in [4.69, 9.17) is 0 Å². The quantitative estimate of drug-likeness (QED) is 0.792. The smallest absolute Gasteiger partial charge is 0.0497 e. The highest BCUT2D eigenvalue weighted by Crippen LogP contribution is 2.29. The van der Waals surface area contributed by atoms with Gasteiger partial charge >= 0.3 is 0 Å². The molecule has 1 aliphatic rings. The summed E-state index contributed by atoms with van der Waals surface area (Å²) in [5.74, 6) is 0. The normalized spacial score (nSPS) is 28.1.